The fourth-order valence-electron chi connectivity index (χ4n) is 2.35. The second kappa shape index (κ2) is 5.40. The maximum Gasteiger partial charge on any atom is 0.248 e. The molecule has 0 bridgehead atoms. The van der Waals surface area contributed by atoms with Crippen LogP contribution in [0, 0.1) is 12.8 Å². The highest BCUT2D eigenvalue weighted by Gasteiger charge is 2.29. The molecule has 0 spiro atoms. The first kappa shape index (κ1) is 13.5. The smallest absolute Gasteiger partial charge is 0.248 e. The Morgan fingerprint density at radius 3 is 2.68 bits per heavy atom. The van der Waals surface area contributed by atoms with Gasteiger partial charge in [-0.05, 0) is 49.6 Å². The van der Waals surface area contributed by atoms with Gasteiger partial charge in [-0.25, -0.2) is 0 Å². The lowest BCUT2D eigenvalue weighted by Gasteiger charge is -2.16. The van der Waals surface area contributed by atoms with Gasteiger partial charge in [0.15, 0.2) is 0 Å². The lowest BCUT2D eigenvalue weighted by molar-refractivity contribution is -0.118. The number of benzene rings is 1. The van der Waals surface area contributed by atoms with E-state index in [-0.39, 0.29) is 11.9 Å². The van der Waals surface area contributed by atoms with Crippen molar-refractivity contribution < 1.29 is 9.59 Å². The number of rotatable bonds is 3. The highest BCUT2D eigenvalue weighted by Crippen LogP contribution is 2.20. The second-order valence-electron chi connectivity index (χ2n) is 5.08. The van der Waals surface area contributed by atoms with Crippen molar-refractivity contribution in [2.75, 3.05) is 11.9 Å². The minimum absolute atomic E-state index is 0.0278. The molecule has 5 heteroatoms. The van der Waals surface area contributed by atoms with Crippen LogP contribution in [0.3, 0.4) is 0 Å². The number of amides is 2. The Hall–Kier alpha value is -1.88. The largest absolute Gasteiger partial charge is 0.366 e. The predicted molar refractivity (Wildman–Crippen MR) is 73.9 cm³/mol. The summed E-state index contributed by atoms with van der Waals surface area (Å²) < 4.78 is 0. The summed E-state index contributed by atoms with van der Waals surface area (Å²) in [5, 5.41) is 6.08. The average molecular weight is 261 g/mol. The number of carbonyl (C=O) groups excluding carboxylic acids is 2. The Morgan fingerprint density at radius 1 is 1.42 bits per heavy atom. The SMILES string of the molecule is Cc1cc(C(N)=O)ccc1NC(=O)C1NCCC1C. The summed E-state index contributed by atoms with van der Waals surface area (Å²) in [5.41, 5.74) is 7.21. The van der Waals surface area contributed by atoms with E-state index in [0.29, 0.717) is 11.5 Å². The molecule has 1 heterocycles. The molecule has 2 amide bonds. The van der Waals surface area contributed by atoms with Gasteiger partial charge in [0.1, 0.15) is 0 Å². The highest BCUT2D eigenvalue weighted by atomic mass is 16.2. The highest BCUT2D eigenvalue weighted by molar-refractivity contribution is 5.97. The van der Waals surface area contributed by atoms with Crippen molar-refractivity contribution in [1.82, 2.24) is 5.32 Å². The van der Waals surface area contributed by atoms with Gasteiger partial charge in [-0.2, -0.15) is 0 Å². The maximum atomic E-state index is 12.1. The number of aryl methyl sites for hydroxylation is 1. The van der Waals surface area contributed by atoms with Crippen LogP contribution in [0.15, 0.2) is 18.2 Å². The van der Waals surface area contributed by atoms with Crippen molar-refractivity contribution in [2.24, 2.45) is 11.7 Å². The molecule has 102 valence electrons. The van der Waals surface area contributed by atoms with E-state index >= 15 is 0 Å². The molecule has 0 radical (unpaired) electrons. The Bertz CT molecular complexity index is 513. The molecular weight excluding hydrogens is 242 g/mol. The number of nitrogens with one attached hydrogen (secondary N) is 2. The van der Waals surface area contributed by atoms with Crippen LogP contribution in [-0.4, -0.2) is 24.4 Å². The zero-order valence-corrected chi connectivity index (χ0v) is 11.2. The van der Waals surface area contributed by atoms with Crippen LogP contribution < -0.4 is 16.4 Å². The zero-order chi connectivity index (χ0) is 14.0. The third-order valence-electron chi connectivity index (χ3n) is 3.58. The number of nitrogens with two attached hydrogens (primary N) is 1. The van der Waals surface area contributed by atoms with E-state index in [0.717, 1.165) is 24.2 Å². The summed E-state index contributed by atoms with van der Waals surface area (Å²) in [7, 11) is 0. The number of anilines is 1. The molecule has 4 N–H and O–H groups in total. The molecule has 5 nitrogen and oxygen atoms in total. The fraction of sp³-hybridized carbons (Fsp3) is 0.429. The topological polar surface area (TPSA) is 84.2 Å². The van der Waals surface area contributed by atoms with Gasteiger partial charge in [-0.15, -0.1) is 0 Å². The number of primary amides is 1. The Labute approximate surface area is 112 Å². The summed E-state index contributed by atoms with van der Waals surface area (Å²) in [5.74, 6) is -0.155. The van der Waals surface area contributed by atoms with Crippen LogP contribution in [0.1, 0.15) is 29.3 Å². The van der Waals surface area contributed by atoms with E-state index in [4.69, 9.17) is 5.73 Å². The Balaban J connectivity index is 2.11. The van der Waals surface area contributed by atoms with Crippen LogP contribution in [0.25, 0.3) is 0 Å². The number of hydrogen-bond acceptors (Lipinski definition) is 3. The summed E-state index contributed by atoms with van der Waals surface area (Å²) in [6, 6.07) is 4.88. The Morgan fingerprint density at radius 2 is 2.16 bits per heavy atom. The summed E-state index contributed by atoms with van der Waals surface area (Å²) in [6.07, 6.45) is 1.01. The third-order valence-corrected chi connectivity index (χ3v) is 3.58. The molecule has 2 rings (SSSR count). The molecule has 0 aliphatic carbocycles. The molecule has 1 saturated heterocycles. The summed E-state index contributed by atoms with van der Waals surface area (Å²) >= 11 is 0. The van der Waals surface area contributed by atoms with Gasteiger partial charge < -0.3 is 16.4 Å². The minimum atomic E-state index is -0.466. The molecule has 19 heavy (non-hydrogen) atoms. The quantitative estimate of drug-likeness (QED) is 0.759. The first-order valence-corrected chi connectivity index (χ1v) is 6.43. The van der Waals surface area contributed by atoms with Crippen LogP contribution in [0.2, 0.25) is 0 Å². The van der Waals surface area contributed by atoms with Crippen molar-refractivity contribution in [3.8, 4) is 0 Å². The number of hydrogen-bond donors (Lipinski definition) is 3. The average Bonchev–Trinajstić information content (AvgIpc) is 2.77. The van der Waals surface area contributed by atoms with Crippen molar-refractivity contribution in [3.05, 3.63) is 29.3 Å². The lowest BCUT2D eigenvalue weighted by atomic mass is 10.0. The van der Waals surface area contributed by atoms with Gasteiger partial charge in [-0.1, -0.05) is 6.92 Å². The molecule has 1 aliphatic rings. The van der Waals surface area contributed by atoms with Gasteiger partial charge in [-0.3, -0.25) is 9.59 Å². The first-order chi connectivity index (χ1) is 8.99. The van der Waals surface area contributed by atoms with Crippen LogP contribution in [-0.2, 0) is 4.79 Å². The molecular formula is C14H19N3O2. The molecule has 2 atom stereocenters. The first-order valence-electron chi connectivity index (χ1n) is 6.43. The third kappa shape index (κ3) is 2.93. The molecule has 1 aliphatic heterocycles. The van der Waals surface area contributed by atoms with Crippen molar-refractivity contribution in [1.29, 1.82) is 0 Å². The van der Waals surface area contributed by atoms with Crippen LogP contribution in [0.4, 0.5) is 5.69 Å². The van der Waals surface area contributed by atoms with Gasteiger partial charge in [0.2, 0.25) is 11.8 Å². The molecule has 1 aromatic rings. The maximum absolute atomic E-state index is 12.1. The van der Waals surface area contributed by atoms with Crippen LogP contribution in [0.5, 0.6) is 0 Å². The normalized spacial score (nSPS) is 22.2. The van der Waals surface area contributed by atoms with E-state index < -0.39 is 5.91 Å². The minimum Gasteiger partial charge on any atom is -0.366 e. The van der Waals surface area contributed by atoms with E-state index in [1.807, 2.05) is 6.92 Å². The van der Waals surface area contributed by atoms with Crippen molar-refractivity contribution >= 4 is 17.5 Å². The van der Waals surface area contributed by atoms with Gasteiger partial charge in [0.25, 0.3) is 0 Å². The summed E-state index contributed by atoms with van der Waals surface area (Å²) in [6.45, 7) is 4.78. The summed E-state index contributed by atoms with van der Waals surface area (Å²) in [4.78, 5) is 23.2. The second-order valence-corrected chi connectivity index (χ2v) is 5.08. The van der Waals surface area contributed by atoms with E-state index in [2.05, 4.69) is 17.6 Å². The van der Waals surface area contributed by atoms with Gasteiger partial charge >= 0.3 is 0 Å². The predicted octanol–water partition coefficient (Wildman–Crippen LogP) is 1.03. The van der Waals surface area contributed by atoms with Crippen molar-refractivity contribution in [3.63, 3.8) is 0 Å². The molecule has 1 aromatic carbocycles. The molecule has 0 saturated carbocycles. The van der Waals surface area contributed by atoms with Gasteiger partial charge in [0, 0.05) is 11.3 Å². The lowest BCUT2D eigenvalue weighted by Crippen LogP contribution is -2.39. The monoisotopic (exact) mass is 261 g/mol. The Kier molecular flexibility index (Phi) is 3.85. The van der Waals surface area contributed by atoms with Crippen molar-refractivity contribution in [2.45, 2.75) is 26.3 Å². The fourth-order valence-corrected chi connectivity index (χ4v) is 2.35. The zero-order valence-electron chi connectivity index (χ0n) is 11.2. The molecule has 0 aromatic heterocycles. The van der Waals surface area contributed by atoms with Gasteiger partial charge in [0.05, 0.1) is 6.04 Å². The molecule has 2 unspecified atom stereocenters. The van der Waals surface area contributed by atoms with Crippen LogP contribution >= 0.6 is 0 Å². The molecule has 1 fully saturated rings. The standard InChI is InChI=1S/C14H19N3O2/c1-8-5-6-16-12(8)14(19)17-11-4-3-10(13(15)18)7-9(11)2/h3-4,7-8,12,16H,5-6H2,1-2H3,(H2,15,18)(H,17,19). The number of carbonyl (C=O) groups is 2. The van der Waals surface area contributed by atoms with E-state index in [1.54, 1.807) is 18.2 Å². The van der Waals surface area contributed by atoms with E-state index in [1.165, 1.54) is 0 Å². The van der Waals surface area contributed by atoms with E-state index in [9.17, 15) is 9.59 Å².